The van der Waals surface area contributed by atoms with Crippen LogP contribution in [0.5, 0.6) is 0 Å². The number of fused-ring (bicyclic) bond motifs is 1. The normalized spacial score (nSPS) is 33.4. The summed E-state index contributed by atoms with van der Waals surface area (Å²) in [6, 6.07) is 5.62. The highest BCUT2D eigenvalue weighted by Gasteiger charge is 2.57. The van der Waals surface area contributed by atoms with Crippen molar-refractivity contribution in [3.8, 4) is 0 Å². The molecule has 2 atom stereocenters. The van der Waals surface area contributed by atoms with E-state index in [0.717, 1.165) is 54.8 Å². The molecule has 1 aromatic carbocycles. The number of halogens is 2. The van der Waals surface area contributed by atoms with Crippen molar-refractivity contribution < 1.29 is 9.50 Å². The molecule has 3 saturated heterocycles. The van der Waals surface area contributed by atoms with Gasteiger partial charge in [-0.25, -0.2) is 4.39 Å². The molecule has 3 fully saturated rings. The molecule has 0 spiro atoms. The maximum Gasteiger partial charge on any atom is 0.128 e. The zero-order valence-corrected chi connectivity index (χ0v) is 16.9. The largest absolute Gasteiger partial charge is 0.387 e. The van der Waals surface area contributed by atoms with Gasteiger partial charge in [-0.1, -0.05) is 15.9 Å². The summed E-state index contributed by atoms with van der Waals surface area (Å²) < 4.78 is 15.1. The van der Waals surface area contributed by atoms with E-state index >= 15 is 0 Å². The number of nitrogens with zero attached hydrogens (tertiary/aromatic N) is 1. The van der Waals surface area contributed by atoms with Crippen LogP contribution in [-0.2, 0) is 4.08 Å². The van der Waals surface area contributed by atoms with Gasteiger partial charge < -0.3 is 10.0 Å². The molecule has 0 aliphatic carbocycles. The number of rotatable bonds is 2. The first kappa shape index (κ1) is 17.7. The zero-order valence-electron chi connectivity index (χ0n) is 13.6. The van der Waals surface area contributed by atoms with Crippen molar-refractivity contribution in [3.05, 3.63) is 34.1 Å². The Hall–Kier alpha value is 0.250. The molecular formula is C18H23BrFNOS2. The highest BCUT2D eigenvalue weighted by molar-refractivity contribution is 9.10. The van der Waals surface area contributed by atoms with E-state index in [4.69, 9.17) is 0 Å². The van der Waals surface area contributed by atoms with Gasteiger partial charge in [0.15, 0.2) is 0 Å². The first-order valence-electron chi connectivity index (χ1n) is 8.74. The van der Waals surface area contributed by atoms with Gasteiger partial charge in [-0.3, -0.25) is 0 Å². The van der Waals surface area contributed by atoms with Crippen LogP contribution in [0.1, 0.15) is 37.7 Å². The molecule has 3 heterocycles. The van der Waals surface area contributed by atoms with Crippen molar-refractivity contribution in [2.75, 3.05) is 24.6 Å². The van der Waals surface area contributed by atoms with Crippen LogP contribution in [0.2, 0.25) is 0 Å². The van der Waals surface area contributed by atoms with E-state index in [2.05, 4.69) is 20.8 Å². The molecule has 0 amide bonds. The molecular weight excluding hydrogens is 409 g/mol. The predicted molar refractivity (Wildman–Crippen MR) is 104 cm³/mol. The molecule has 3 aliphatic rings. The van der Waals surface area contributed by atoms with E-state index in [0.29, 0.717) is 11.6 Å². The summed E-state index contributed by atoms with van der Waals surface area (Å²) in [5.74, 6) is 1.77. The lowest BCUT2D eigenvalue weighted by atomic mass is 9.80. The summed E-state index contributed by atoms with van der Waals surface area (Å²) in [5, 5.41) is 11.8. The fraction of sp³-hybridized carbons (Fsp3) is 0.667. The lowest BCUT2D eigenvalue weighted by Gasteiger charge is -2.53. The molecule has 0 aromatic heterocycles. The van der Waals surface area contributed by atoms with Crippen LogP contribution in [0, 0.1) is 5.82 Å². The maximum absolute atomic E-state index is 14.8. The summed E-state index contributed by atoms with van der Waals surface area (Å²) in [6.07, 6.45) is 5.00. The van der Waals surface area contributed by atoms with Crippen molar-refractivity contribution in [1.29, 1.82) is 0 Å². The van der Waals surface area contributed by atoms with Crippen LogP contribution in [0.3, 0.4) is 0 Å². The fourth-order valence-corrected chi connectivity index (χ4v) is 8.56. The smallest absolute Gasteiger partial charge is 0.128 e. The van der Waals surface area contributed by atoms with Crippen LogP contribution in [0.15, 0.2) is 22.7 Å². The molecule has 2 nitrogen and oxygen atoms in total. The van der Waals surface area contributed by atoms with Crippen LogP contribution in [-0.4, -0.2) is 46.2 Å². The second-order valence-electron chi connectivity index (χ2n) is 7.11. The molecule has 0 radical (unpaired) electrons. The zero-order chi connectivity index (χ0) is 16.8. The third kappa shape index (κ3) is 2.86. The van der Waals surface area contributed by atoms with Crippen LogP contribution in [0.4, 0.5) is 4.39 Å². The van der Waals surface area contributed by atoms with E-state index in [1.807, 2.05) is 6.07 Å². The van der Waals surface area contributed by atoms with E-state index in [1.54, 1.807) is 29.6 Å². The van der Waals surface area contributed by atoms with Crippen molar-refractivity contribution in [2.45, 2.75) is 47.8 Å². The topological polar surface area (TPSA) is 23.5 Å². The average Bonchev–Trinajstić information content (AvgIpc) is 3.05. The second-order valence-corrected chi connectivity index (χ2v) is 10.9. The van der Waals surface area contributed by atoms with Gasteiger partial charge in [0.1, 0.15) is 9.90 Å². The Bertz CT molecular complexity index is 625. The third-order valence-corrected chi connectivity index (χ3v) is 9.88. The van der Waals surface area contributed by atoms with Gasteiger partial charge in [0.05, 0.1) is 5.60 Å². The summed E-state index contributed by atoms with van der Waals surface area (Å²) in [4.78, 5) is 2.51. The van der Waals surface area contributed by atoms with E-state index in [1.165, 1.54) is 12.5 Å². The summed E-state index contributed by atoms with van der Waals surface area (Å²) in [5.41, 5.74) is -0.184. The van der Waals surface area contributed by atoms with Gasteiger partial charge in [-0.05, 0) is 68.4 Å². The predicted octanol–water partition coefficient (Wildman–Crippen LogP) is 4.60. The Morgan fingerprint density at radius 2 is 2.00 bits per heavy atom. The van der Waals surface area contributed by atoms with Crippen molar-refractivity contribution in [2.24, 2.45) is 0 Å². The van der Waals surface area contributed by atoms with Crippen LogP contribution >= 0.6 is 39.5 Å². The average molecular weight is 432 g/mol. The minimum Gasteiger partial charge on any atom is -0.387 e. The van der Waals surface area contributed by atoms with Crippen molar-refractivity contribution >= 4 is 39.5 Å². The Morgan fingerprint density at radius 3 is 2.79 bits per heavy atom. The molecule has 6 heteroatoms. The number of benzene rings is 1. The SMILES string of the molecule is OC1(C2(c3cc(Br)ccc3F)SCCCS2)CCN2CCCC2C1. The molecule has 24 heavy (non-hydrogen) atoms. The Labute approximate surface area is 160 Å². The lowest BCUT2D eigenvalue weighted by molar-refractivity contribution is -0.0464. The van der Waals surface area contributed by atoms with Gasteiger partial charge in [0, 0.05) is 22.6 Å². The number of aliphatic hydroxyl groups is 1. The molecule has 132 valence electrons. The molecule has 4 rings (SSSR count). The quantitative estimate of drug-likeness (QED) is 0.738. The standard InChI is InChI=1S/C18H23BrFNOS2/c19-13-4-5-16(20)15(11-13)18(23-9-2-10-24-18)17(22)6-8-21-7-1-3-14(21)12-17/h4-5,11,14,22H,1-3,6-10,12H2. The summed E-state index contributed by atoms with van der Waals surface area (Å²) in [7, 11) is 0. The molecule has 2 unspecified atom stereocenters. The van der Waals surface area contributed by atoms with Gasteiger partial charge in [-0.15, -0.1) is 23.5 Å². The van der Waals surface area contributed by atoms with Crippen LogP contribution < -0.4 is 0 Å². The third-order valence-electron chi connectivity index (χ3n) is 5.68. The van der Waals surface area contributed by atoms with Crippen molar-refractivity contribution in [3.63, 3.8) is 0 Å². The monoisotopic (exact) mass is 431 g/mol. The molecule has 1 N–H and O–H groups in total. The van der Waals surface area contributed by atoms with E-state index in [9.17, 15) is 9.50 Å². The van der Waals surface area contributed by atoms with E-state index in [-0.39, 0.29) is 5.82 Å². The number of thioether (sulfide) groups is 2. The molecule has 1 aromatic rings. The van der Waals surface area contributed by atoms with Crippen LogP contribution in [0.25, 0.3) is 0 Å². The Balaban J connectivity index is 1.77. The number of hydrogen-bond donors (Lipinski definition) is 1. The van der Waals surface area contributed by atoms with Gasteiger partial charge in [0.25, 0.3) is 0 Å². The van der Waals surface area contributed by atoms with Crippen molar-refractivity contribution in [1.82, 2.24) is 4.90 Å². The highest BCUT2D eigenvalue weighted by atomic mass is 79.9. The summed E-state index contributed by atoms with van der Waals surface area (Å²) >= 11 is 7.02. The van der Waals surface area contributed by atoms with Gasteiger partial charge in [-0.2, -0.15) is 0 Å². The first-order chi connectivity index (χ1) is 11.5. The lowest BCUT2D eigenvalue weighted by Crippen LogP contribution is -2.57. The fourth-order valence-electron chi connectivity index (χ4n) is 4.50. The highest BCUT2D eigenvalue weighted by Crippen LogP contribution is 2.61. The van der Waals surface area contributed by atoms with Gasteiger partial charge in [0.2, 0.25) is 0 Å². The number of piperidine rings is 1. The molecule has 0 saturated carbocycles. The molecule has 3 aliphatic heterocycles. The maximum atomic E-state index is 14.8. The number of hydrogen-bond acceptors (Lipinski definition) is 4. The Morgan fingerprint density at radius 1 is 1.21 bits per heavy atom. The minimum absolute atomic E-state index is 0.192. The van der Waals surface area contributed by atoms with Gasteiger partial charge >= 0.3 is 0 Å². The summed E-state index contributed by atoms with van der Waals surface area (Å²) in [6.45, 7) is 2.08. The second kappa shape index (κ2) is 6.76. The Kier molecular flexibility index (Phi) is 4.98. The first-order valence-corrected chi connectivity index (χ1v) is 11.5. The minimum atomic E-state index is -0.851. The van der Waals surface area contributed by atoms with E-state index < -0.39 is 9.68 Å². The molecule has 0 bridgehead atoms.